The molecule has 7 nitrogen and oxygen atoms in total. The maximum absolute atomic E-state index is 13.0. The summed E-state index contributed by atoms with van der Waals surface area (Å²) in [6.07, 6.45) is -4.61. The highest BCUT2D eigenvalue weighted by molar-refractivity contribution is 6.00. The number of carbonyl (C=O) groups is 2. The number of hydrogen-bond acceptors (Lipinski definition) is 5. The summed E-state index contributed by atoms with van der Waals surface area (Å²) in [7, 11) is 4.46. The van der Waals surface area contributed by atoms with Crippen molar-refractivity contribution < 1.29 is 37.0 Å². The van der Waals surface area contributed by atoms with Gasteiger partial charge in [-0.1, -0.05) is 6.07 Å². The van der Waals surface area contributed by atoms with Gasteiger partial charge in [0.2, 0.25) is 11.8 Å². The number of alkyl halides is 3. The van der Waals surface area contributed by atoms with Crippen LogP contribution in [0.3, 0.4) is 0 Å². The average molecular weight is 452 g/mol. The van der Waals surface area contributed by atoms with Gasteiger partial charge in [-0.3, -0.25) is 9.59 Å². The summed E-state index contributed by atoms with van der Waals surface area (Å²) in [5.41, 5.74) is -0.101. The highest BCUT2D eigenvalue weighted by Gasteiger charge is 2.37. The lowest BCUT2D eigenvalue weighted by atomic mass is 10.1. The molecule has 3 rings (SSSR count). The van der Waals surface area contributed by atoms with E-state index in [-0.39, 0.29) is 31.1 Å². The van der Waals surface area contributed by atoms with E-state index in [0.29, 0.717) is 22.8 Å². The molecule has 0 aromatic heterocycles. The van der Waals surface area contributed by atoms with E-state index in [1.165, 1.54) is 38.4 Å². The minimum absolute atomic E-state index is 0.00491. The Labute approximate surface area is 183 Å². The van der Waals surface area contributed by atoms with E-state index in [1.807, 2.05) is 0 Å². The Kier molecular flexibility index (Phi) is 6.81. The summed E-state index contributed by atoms with van der Waals surface area (Å²) in [4.78, 5) is 26.3. The van der Waals surface area contributed by atoms with Crippen molar-refractivity contribution in [3.63, 3.8) is 0 Å². The molecule has 1 aliphatic heterocycles. The molecule has 32 heavy (non-hydrogen) atoms. The van der Waals surface area contributed by atoms with Gasteiger partial charge in [-0.25, -0.2) is 0 Å². The molecular weight excluding hydrogens is 429 g/mol. The largest absolute Gasteiger partial charge is 0.496 e. The molecule has 1 N–H and O–H groups in total. The fourth-order valence-corrected chi connectivity index (χ4v) is 3.54. The summed E-state index contributed by atoms with van der Waals surface area (Å²) in [5, 5.41) is 2.76. The van der Waals surface area contributed by atoms with Crippen LogP contribution in [-0.4, -0.2) is 39.7 Å². The third-order valence-electron chi connectivity index (χ3n) is 5.22. The number of methoxy groups -OCH3 is 3. The van der Waals surface area contributed by atoms with Crippen LogP contribution in [0, 0.1) is 5.92 Å². The SMILES string of the molecule is COc1cc(OC)c(OC)cc1CNC(=O)C1CC(=O)N(c2cccc(C(F)(F)F)c2)C1. The van der Waals surface area contributed by atoms with E-state index in [1.54, 1.807) is 12.1 Å². The molecule has 1 fully saturated rings. The fraction of sp³-hybridized carbons (Fsp3) is 0.364. The average Bonchev–Trinajstić information content (AvgIpc) is 3.18. The number of benzene rings is 2. The number of ether oxygens (including phenoxy) is 3. The Morgan fingerprint density at radius 3 is 2.34 bits per heavy atom. The van der Waals surface area contributed by atoms with Crippen LogP contribution in [0.5, 0.6) is 17.2 Å². The van der Waals surface area contributed by atoms with Gasteiger partial charge in [0, 0.05) is 36.8 Å². The molecule has 1 unspecified atom stereocenters. The van der Waals surface area contributed by atoms with Gasteiger partial charge in [0.15, 0.2) is 11.5 Å². The van der Waals surface area contributed by atoms with Gasteiger partial charge in [-0.2, -0.15) is 13.2 Å². The van der Waals surface area contributed by atoms with Crippen LogP contribution in [0.2, 0.25) is 0 Å². The molecule has 1 aliphatic rings. The van der Waals surface area contributed by atoms with Crippen molar-refractivity contribution in [3.05, 3.63) is 47.5 Å². The van der Waals surface area contributed by atoms with Crippen molar-refractivity contribution in [2.75, 3.05) is 32.8 Å². The lowest BCUT2D eigenvalue weighted by molar-refractivity contribution is -0.137. The highest BCUT2D eigenvalue weighted by Crippen LogP contribution is 2.35. The summed E-state index contributed by atoms with van der Waals surface area (Å²) >= 11 is 0. The van der Waals surface area contributed by atoms with Gasteiger partial charge in [0.25, 0.3) is 0 Å². The number of rotatable bonds is 7. The summed E-state index contributed by atoms with van der Waals surface area (Å²) in [6, 6.07) is 7.81. The summed E-state index contributed by atoms with van der Waals surface area (Å²) in [6.45, 7) is 0.103. The highest BCUT2D eigenvalue weighted by atomic mass is 19.4. The van der Waals surface area contributed by atoms with Gasteiger partial charge in [-0.15, -0.1) is 0 Å². The van der Waals surface area contributed by atoms with Gasteiger partial charge >= 0.3 is 6.18 Å². The van der Waals surface area contributed by atoms with Crippen LogP contribution in [0.25, 0.3) is 0 Å². The Bertz CT molecular complexity index is 1010. The molecule has 0 saturated carbocycles. The second-order valence-electron chi connectivity index (χ2n) is 7.19. The van der Waals surface area contributed by atoms with Crippen molar-refractivity contribution in [2.45, 2.75) is 19.1 Å². The number of nitrogens with one attached hydrogen (secondary N) is 1. The molecule has 172 valence electrons. The van der Waals surface area contributed by atoms with Gasteiger partial charge in [0.1, 0.15) is 5.75 Å². The van der Waals surface area contributed by atoms with E-state index < -0.39 is 23.6 Å². The Morgan fingerprint density at radius 1 is 1.06 bits per heavy atom. The molecule has 2 aromatic carbocycles. The van der Waals surface area contributed by atoms with Crippen LogP contribution in [0.15, 0.2) is 36.4 Å². The maximum Gasteiger partial charge on any atom is 0.416 e. The standard InChI is InChI=1S/C22H23F3N2O5/c1-30-17-10-19(32-3)18(31-2)7-13(17)11-26-21(29)14-8-20(28)27(12-14)16-6-4-5-15(9-16)22(23,24)25/h4-7,9-10,14H,8,11-12H2,1-3H3,(H,26,29). The molecule has 0 spiro atoms. The zero-order valence-corrected chi connectivity index (χ0v) is 17.8. The molecular formula is C22H23F3N2O5. The molecule has 1 heterocycles. The number of amides is 2. The van der Waals surface area contributed by atoms with E-state index in [2.05, 4.69) is 5.32 Å². The van der Waals surface area contributed by atoms with Gasteiger partial charge in [-0.05, 0) is 24.3 Å². The number of anilines is 1. The Morgan fingerprint density at radius 2 is 1.72 bits per heavy atom. The Hall–Kier alpha value is -3.43. The Balaban J connectivity index is 1.70. The van der Waals surface area contributed by atoms with Crippen molar-refractivity contribution in [2.24, 2.45) is 5.92 Å². The first-order valence-corrected chi connectivity index (χ1v) is 9.72. The third-order valence-corrected chi connectivity index (χ3v) is 5.22. The first-order chi connectivity index (χ1) is 15.2. The predicted molar refractivity (Wildman–Crippen MR) is 110 cm³/mol. The van der Waals surface area contributed by atoms with E-state index in [4.69, 9.17) is 14.2 Å². The van der Waals surface area contributed by atoms with Gasteiger partial charge < -0.3 is 24.4 Å². The van der Waals surface area contributed by atoms with E-state index in [9.17, 15) is 22.8 Å². The number of hydrogen-bond donors (Lipinski definition) is 1. The molecule has 2 aromatic rings. The fourth-order valence-electron chi connectivity index (χ4n) is 3.54. The first kappa shape index (κ1) is 23.2. The summed E-state index contributed by atoms with van der Waals surface area (Å²) in [5.74, 6) is -0.0704. The summed E-state index contributed by atoms with van der Waals surface area (Å²) < 4.78 is 54.8. The number of carbonyl (C=O) groups excluding carboxylic acids is 2. The van der Waals surface area contributed by atoms with Crippen LogP contribution in [0.4, 0.5) is 18.9 Å². The zero-order valence-electron chi connectivity index (χ0n) is 17.8. The molecule has 2 amide bonds. The number of nitrogens with zero attached hydrogens (tertiary/aromatic N) is 1. The number of halogens is 3. The van der Waals surface area contributed by atoms with E-state index in [0.717, 1.165) is 12.1 Å². The van der Waals surface area contributed by atoms with Crippen molar-refractivity contribution in [1.29, 1.82) is 0 Å². The maximum atomic E-state index is 13.0. The predicted octanol–water partition coefficient (Wildman–Crippen LogP) is 3.40. The molecule has 0 bridgehead atoms. The van der Waals surface area contributed by atoms with E-state index >= 15 is 0 Å². The third kappa shape index (κ3) is 4.90. The first-order valence-electron chi connectivity index (χ1n) is 9.72. The van der Waals surface area contributed by atoms with Crippen LogP contribution in [0.1, 0.15) is 17.5 Å². The van der Waals surface area contributed by atoms with Gasteiger partial charge in [0.05, 0.1) is 32.8 Å². The molecule has 0 aliphatic carbocycles. The van der Waals surface area contributed by atoms with Crippen molar-refractivity contribution in [1.82, 2.24) is 5.32 Å². The lowest BCUT2D eigenvalue weighted by Gasteiger charge is -2.18. The second-order valence-corrected chi connectivity index (χ2v) is 7.19. The molecule has 1 saturated heterocycles. The van der Waals surface area contributed by atoms with Crippen molar-refractivity contribution in [3.8, 4) is 17.2 Å². The normalized spacial score (nSPS) is 16.1. The molecule has 0 radical (unpaired) electrons. The monoisotopic (exact) mass is 452 g/mol. The smallest absolute Gasteiger partial charge is 0.416 e. The molecule has 10 heteroatoms. The van der Waals surface area contributed by atoms with Crippen LogP contribution >= 0.6 is 0 Å². The van der Waals surface area contributed by atoms with Crippen LogP contribution in [-0.2, 0) is 22.3 Å². The minimum Gasteiger partial charge on any atom is -0.496 e. The quantitative estimate of drug-likeness (QED) is 0.697. The lowest BCUT2D eigenvalue weighted by Crippen LogP contribution is -2.32. The topological polar surface area (TPSA) is 77.1 Å². The van der Waals surface area contributed by atoms with Crippen molar-refractivity contribution >= 4 is 17.5 Å². The minimum atomic E-state index is -4.52. The molecule has 1 atom stereocenters. The zero-order chi connectivity index (χ0) is 23.5. The second kappa shape index (κ2) is 9.37. The van der Waals surface area contributed by atoms with Crippen LogP contribution < -0.4 is 24.4 Å².